The Morgan fingerprint density at radius 2 is 1.54 bits per heavy atom. The number of hydrogen-bond donors (Lipinski definition) is 0. The number of aromatic nitrogens is 1. The third-order valence-corrected chi connectivity index (χ3v) is 5.74. The minimum Gasteiger partial charge on any atom is -0.248 e. The fourth-order valence-corrected chi connectivity index (χ4v) is 4.11. The summed E-state index contributed by atoms with van der Waals surface area (Å²) in [4.78, 5) is 4.97. The largest absolute Gasteiger partial charge is 0.248 e. The Morgan fingerprint density at radius 1 is 0.714 bits per heavy atom. The maximum atomic E-state index is 6.23. The summed E-state index contributed by atoms with van der Waals surface area (Å²) in [5.41, 5.74) is 5.25. The fourth-order valence-electron chi connectivity index (χ4n) is 3.66. The van der Waals surface area contributed by atoms with Crippen molar-refractivity contribution in [3.05, 3.63) is 100 Å². The van der Waals surface area contributed by atoms with Gasteiger partial charge in [-0.3, -0.25) is 0 Å². The summed E-state index contributed by atoms with van der Waals surface area (Å²) in [5, 5.41) is 4.31. The van der Waals surface area contributed by atoms with E-state index in [1.165, 1.54) is 21.7 Å². The molecule has 0 aliphatic rings. The summed E-state index contributed by atoms with van der Waals surface area (Å²) in [5.74, 6) is 0. The maximum absolute atomic E-state index is 6.23. The van der Waals surface area contributed by atoms with E-state index in [-0.39, 0.29) is 0 Å². The van der Waals surface area contributed by atoms with Crippen LogP contribution in [0, 0.1) is 0 Å². The van der Waals surface area contributed by atoms with E-state index in [1.807, 2.05) is 24.3 Å². The lowest BCUT2D eigenvalue weighted by atomic mass is 9.94. The zero-order valence-corrected chi connectivity index (χ0v) is 17.2. The molecule has 0 N–H and O–H groups in total. The summed E-state index contributed by atoms with van der Waals surface area (Å²) in [6.07, 6.45) is 0. The van der Waals surface area contributed by atoms with Crippen LogP contribution in [0.15, 0.2) is 95.5 Å². The highest BCUT2D eigenvalue weighted by atomic mass is 79.9. The van der Waals surface area contributed by atoms with Gasteiger partial charge < -0.3 is 0 Å². The lowest BCUT2D eigenvalue weighted by molar-refractivity contribution is 1.40. The van der Waals surface area contributed by atoms with Gasteiger partial charge in [-0.1, -0.05) is 82.1 Å². The zero-order chi connectivity index (χ0) is 19.1. The van der Waals surface area contributed by atoms with E-state index >= 15 is 0 Å². The molecule has 0 fully saturated rings. The van der Waals surface area contributed by atoms with Gasteiger partial charge in [-0.05, 0) is 58.3 Å². The van der Waals surface area contributed by atoms with E-state index in [2.05, 4.69) is 82.7 Å². The van der Waals surface area contributed by atoms with Crippen LogP contribution in [0.4, 0.5) is 0 Å². The van der Waals surface area contributed by atoms with Gasteiger partial charge >= 0.3 is 0 Å². The van der Waals surface area contributed by atoms with E-state index in [0.717, 1.165) is 26.8 Å². The molecule has 1 aromatic heterocycles. The van der Waals surface area contributed by atoms with Crippen molar-refractivity contribution in [2.45, 2.75) is 0 Å². The highest BCUT2D eigenvalue weighted by Crippen LogP contribution is 2.37. The molecule has 4 aromatic carbocycles. The molecule has 5 aromatic rings. The van der Waals surface area contributed by atoms with Gasteiger partial charge in [-0.25, -0.2) is 4.98 Å². The van der Waals surface area contributed by atoms with Crippen molar-refractivity contribution in [2.75, 3.05) is 0 Å². The van der Waals surface area contributed by atoms with E-state index in [0.29, 0.717) is 5.02 Å². The smallest absolute Gasteiger partial charge is 0.0722 e. The number of rotatable bonds is 2. The third-order valence-electron chi connectivity index (χ3n) is 4.97. The molecule has 0 aliphatic heterocycles. The Morgan fingerprint density at radius 3 is 2.36 bits per heavy atom. The molecular formula is C25H15BrClN. The summed E-state index contributed by atoms with van der Waals surface area (Å²) in [6.45, 7) is 0. The maximum Gasteiger partial charge on any atom is 0.0722 e. The number of halogens is 2. The van der Waals surface area contributed by atoms with Gasteiger partial charge in [0, 0.05) is 20.4 Å². The fraction of sp³-hybridized carbons (Fsp3) is 0. The van der Waals surface area contributed by atoms with Crippen LogP contribution in [0.3, 0.4) is 0 Å². The lowest BCUT2D eigenvalue weighted by Crippen LogP contribution is -1.91. The first-order valence-corrected chi connectivity index (χ1v) is 10.2. The van der Waals surface area contributed by atoms with E-state index in [1.54, 1.807) is 0 Å². The van der Waals surface area contributed by atoms with Crippen LogP contribution >= 0.6 is 27.5 Å². The molecule has 28 heavy (non-hydrogen) atoms. The monoisotopic (exact) mass is 443 g/mol. The van der Waals surface area contributed by atoms with Gasteiger partial charge in [-0.15, -0.1) is 0 Å². The molecule has 0 saturated carbocycles. The predicted molar refractivity (Wildman–Crippen MR) is 123 cm³/mol. The molecule has 0 atom stereocenters. The van der Waals surface area contributed by atoms with Crippen molar-refractivity contribution in [2.24, 2.45) is 0 Å². The highest BCUT2D eigenvalue weighted by Gasteiger charge is 2.12. The Bertz CT molecular complexity index is 1330. The second-order valence-corrected chi connectivity index (χ2v) is 8.11. The highest BCUT2D eigenvalue weighted by molar-refractivity contribution is 9.10. The van der Waals surface area contributed by atoms with Crippen LogP contribution in [0.2, 0.25) is 5.02 Å². The standard InChI is InChI=1S/C25H15BrClN/c26-19-11-8-17(9-12-19)22-15-24(18-5-3-6-20(27)14-18)28-23-13-10-16-4-1-2-7-21(16)25(22)23/h1-15H. The normalized spacial score (nSPS) is 11.2. The Kier molecular flexibility index (Phi) is 4.38. The van der Waals surface area contributed by atoms with Crippen molar-refractivity contribution >= 4 is 49.2 Å². The lowest BCUT2D eigenvalue weighted by Gasteiger charge is -2.13. The Labute approximate surface area is 176 Å². The molecule has 1 heterocycles. The van der Waals surface area contributed by atoms with E-state index in [9.17, 15) is 0 Å². The van der Waals surface area contributed by atoms with Crippen molar-refractivity contribution < 1.29 is 0 Å². The van der Waals surface area contributed by atoms with Crippen LogP contribution in [0.25, 0.3) is 44.1 Å². The van der Waals surface area contributed by atoms with Gasteiger partial charge in [-0.2, -0.15) is 0 Å². The van der Waals surface area contributed by atoms with Gasteiger partial charge in [0.1, 0.15) is 0 Å². The molecule has 0 radical (unpaired) electrons. The van der Waals surface area contributed by atoms with Crippen molar-refractivity contribution in [1.29, 1.82) is 0 Å². The summed E-state index contributed by atoms with van der Waals surface area (Å²) in [6, 6.07) is 31.2. The van der Waals surface area contributed by atoms with Gasteiger partial charge in [0.15, 0.2) is 0 Å². The first-order chi connectivity index (χ1) is 13.7. The number of fused-ring (bicyclic) bond motifs is 3. The third kappa shape index (κ3) is 3.09. The van der Waals surface area contributed by atoms with Crippen LogP contribution in [0.5, 0.6) is 0 Å². The van der Waals surface area contributed by atoms with Crippen molar-refractivity contribution in [3.63, 3.8) is 0 Å². The molecule has 0 aliphatic carbocycles. The number of benzene rings is 4. The average Bonchev–Trinajstić information content (AvgIpc) is 2.73. The van der Waals surface area contributed by atoms with Crippen molar-refractivity contribution in [3.8, 4) is 22.4 Å². The average molecular weight is 445 g/mol. The molecule has 0 unspecified atom stereocenters. The first-order valence-electron chi connectivity index (χ1n) is 9.03. The molecule has 134 valence electrons. The second kappa shape index (κ2) is 7.05. The topological polar surface area (TPSA) is 12.9 Å². The quantitative estimate of drug-likeness (QED) is 0.250. The van der Waals surface area contributed by atoms with Crippen LogP contribution < -0.4 is 0 Å². The molecular weight excluding hydrogens is 430 g/mol. The molecule has 3 heteroatoms. The van der Waals surface area contributed by atoms with Crippen LogP contribution in [-0.2, 0) is 0 Å². The first kappa shape index (κ1) is 17.4. The minimum atomic E-state index is 0.711. The van der Waals surface area contributed by atoms with Crippen LogP contribution in [0.1, 0.15) is 0 Å². The van der Waals surface area contributed by atoms with Gasteiger partial charge in [0.2, 0.25) is 0 Å². The SMILES string of the molecule is Clc1cccc(-c2cc(-c3ccc(Br)cc3)c3c(ccc4ccccc43)n2)c1. The molecule has 0 spiro atoms. The number of nitrogens with zero attached hydrogens (tertiary/aromatic N) is 1. The molecule has 0 amide bonds. The summed E-state index contributed by atoms with van der Waals surface area (Å²) < 4.78 is 1.06. The zero-order valence-electron chi connectivity index (χ0n) is 14.9. The Hall–Kier alpha value is -2.68. The van der Waals surface area contributed by atoms with Crippen LogP contribution in [-0.4, -0.2) is 4.98 Å². The number of pyridine rings is 1. The Balaban J connectivity index is 1.89. The van der Waals surface area contributed by atoms with E-state index in [4.69, 9.17) is 16.6 Å². The molecule has 1 nitrogen and oxygen atoms in total. The van der Waals surface area contributed by atoms with Gasteiger partial charge in [0.05, 0.1) is 11.2 Å². The van der Waals surface area contributed by atoms with Crippen molar-refractivity contribution in [1.82, 2.24) is 4.98 Å². The molecule has 0 saturated heterocycles. The van der Waals surface area contributed by atoms with E-state index < -0.39 is 0 Å². The molecule has 5 rings (SSSR count). The van der Waals surface area contributed by atoms with Gasteiger partial charge in [0.25, 0.3) is 0 Å². The molecule has 0 bridgehead atoms. The second-order valence-electron chi connectivity index (χ2n) is 6.75. The number of hydrogen-bond acceptors (Lipinski definition) is 1. The predicted octanol–water partition coefficient (Wildman–Crippen LogP) is 8.14. The summed E-state index contributed by atoms with van der Waals surface area (Å²) >= 11 is 9.77. The summed E-state index contributed by atoms with van der Waals surface area (Å²) in [7, 11) is 0. The minimum absolute atomic E-state index is 0.711.